The van der Waals surface area contributed by atoms with Gasteiger partial charge in [-0.3, -0.25) is 0 Å². The quantitative estimate of drug-likeness (QED) is 0.599. The topological polar surface area (TPSA) is 55.4 Å². The third-order valence-electron chi connectivity index (χ3n) is 1.90. The van der Waals surface area contributed by atoms with Crippen molar-refractivity contribution in [2.45, 2.75) is 39.6 Å². The van der Waals surface area contributed by atoms with Gasteiger partial charge in [-0.1, -0.05) is 0 Å². The first kappa shape index (κ1) is 16.9. The van der Waals surface area contributed by atoms with Crippen LogP contribution in [0.15, 0.2) is 0 Å². The molecule has 0 heterocycles. The van der Waals surface area contributed by atoms with Crippen LogP contribution >= 0.6 is 0 Å². The van der Waals surface area contributed by atoms with E-state index in [1.807, 2.05) is 0 Å². The van der Waals surface area contributed by atoms with E-state index in [9.17, 15) is 0 Å². The van der Waals surface area contributed by atoms with Crippen LogP contribution in [-0.4, -0.2) is 40.2 Å². The van der Waals surface area contributed by atoms with Gasteiger partial charge in [0.25, 0.3) is 0 Å². The number of ether oxygens (including phenoxy) is 3. The number of methoxy groups -OCH3 is 3. The Morgan fingerprint density at radius 2 is 0.875 bits per heavy atom. The summed E-state index contributed by atoms with van der Waals surface area (Å²) in [5, 5.41) is 0. The van der Waals surface area contributed by atoms with Gasteiger partial charge < -0.3 is 0 Å². The molecular formula is C9H21O6Y. The Morgan fingerprint density at radius 1 is 0.625 bits per heavy atom. The Bertz CT molecular complexity index is 142. The fourth-order valence-electron chi connectivity index (χ4n) is 0.732. The third kappa shape index (κ3) is 8.03. The average Bonchev–Trinajstić information content (AvgIpc) is 2.28. The molecular weight excluding hydrogens is 293 g/mol. The normalized spacial score (nSPS) is 16.9. The third-order valence-corrected chi connectivity index (χ3v) is 6.37. The van der Waals surface area contributed by atoms with Gasteiger partial charge in [0.05, 0.1) is 0 Å². The molecule has 6 nitrogen and oxygen atoms in total. The molecule has 16 heavy (non-hydrogen) atoms. The van der Waals surface area contributed by atoms with Gasteiger partial charge in [0.1, 0.15) is 0 Å². The van der Waals surface area contributed by atoms with Gasteiger partial charge in [-0.2, -0.15) is 0 Å². The Hall–Kier alpha value is 0.864. The Balaban J connectivity index is 4.15. The van der Waals surface area contributed by atoms with E-state index in [1.165, 1.54) is 0 Å². The van der Waals surface area contributed by atoms with E-state index in [4.69, 9.17) is 20.4 Å². The van der Waals surface area contributed by atoms with Crippen LogP contribution in [-0.2, 0) is 49.3 Å². The van der Waals surface area contributed by atoms with Gasteiger partial charge in [0, 0.05) is 0 Å². The monoisotopic (exact) mass is 314 g/mol. The molecule has 0 aliphatic rings. The first-order valence-electron chi connectivity index (χ1n) is 5.08. The molecule has 0 aromatic heterocycles. The van der Waals surface area contributed by atoms with E-state index >= 15 is 0 Å². The van der Waals surface area contributed by atoms with Gasteiger partial charge in [-0.15, -0.1) is 0 Å². The van der Waals surface area contributed by atoms with Crippen LogP contribution in [0.3, 0.4) is 0 Å². The molecule has 0 amide bonds. The molecule has 0 bridgehead atoms. The molecule has 0 rings (SSSR count). The average molecular weight is 314 g/mol. The van der Waals surface area contributed by atoms with Gasteiger partial charge in [-0.05, 0) is 0 Å². The van der Waals surface area contributed by atoms with Crippen molar-refractivity contribution in [3.63, 3.8) is 0 Å². The van der Waals surface area contributed by atoms with Crippen molar-refractivity contribution in [3.8, 4) is 0 Å². The molecule has 0 spiro atoms. The predicted molar refractivity (Wildman–Crippen MR) is 52.7 cm³/mol. The van der Waals surface area contributed by atoms with Crippen molar-refractivity contribution in [2.24, 2.45) is 0 Å². The summed E-state index contributed by atoms with van der Waals surface area (Å²) in [6, 6.07) is 0. The van der Waals surface area contributed by atoms with Crippen molar-refractivity contribution < 1.29 is 49.3 Å². The minimum atomic E-state index is -3.07. The van der Waals surface area contributed by atoms with Gasteiger partial charge >= 0.3 is 110 Å². The van der Waals surface area contributed by atoms with E-state index in [-0.39, 0.29) is 18.9 Å². The molecule has 0 aromatic carbocycles. The molecule has 0 radical (unpaired) electrons. The van der Waals surface area contributed by atoms with E-state index in [2.05, 4.69) is 0 Å². The molecule has 0 N–H and O–H groups in total. The Kier molecular flexibility index (Phi) is 10.4. The second-order valence-corrected chi connectivity index (χ2v) is 6.53. The van der Waals surface area contributed by atoms with Crippen molar-refractivity contribution in [1.29, 1.82) is 0 Å². The van der Waals surface area contributed by atoms with Crippen LogP contribution in [0.5, 0.6) is 0 Å². The first-order chi connectivity index (χ1) is 7.53. The van der Waals surface area contributed by atoms with Crippen molar-refractivity contribution >= 4 is 0 Å². The molecule has 0 saturated carbocycles. The molecule has 3 atom stereocenters. The summed E-state index contributed by atoms with van der Waals surface area (Å²) in [4.78, 5) is 0. The van der Waals surface area contributed by atoms with Gasteiger partial charge in [0.2, 0.25) is 0 Å². The zero-order valence-corrected chi connectivity index (χ0v) is 13.6. The standard InChI is InChI=1S/3C3H7O2.Y/c3*1-3(4)5-2;/h3*3H,1-2H3;/q3*-1;+3. The summed E-state index contributed by atoms with van der Waals surface area (Å²) in [5.74, 6) is 0. The second kappa shape index (κ2) is 9.85. The van der Waals surface area contributed by atoms with Crippen LogP contribution in [0.1, 0.15) is 20.8 Å². The summed E-state index contributed by atoms with van der Waals surface area (Å²) in [7, 11) is 4.69. The number of rotatable bonds is 9. The fourth-order valence-corrected chi connectivity index (χ4v) is 4.33. The first-order valence-corrected chi connectivity index (χ1v) is 8.55. The molecule has 7 heteroatoms. The maximum absolute atomic E-state index is 5.53. The minimum absolute atomic E-state index is 0.353. The van der Waals surface area contributed by atoms with Crippen LogP contribution in [0.2, 0.25) is 0 Å². The molecule has 0 fully saturated rings. The maximum atomic E-state index is 5.53. The summed E-state index contributed by atoms with van der Waals surface area (Å²) < 4.78 is 31.6. The van der Waals surface area contributed by atoms with E-state index in [0.717, 1.165) is 0 Å². The van der Waals surface area contributed by atoms with E-state index < -0.39 is 29.0 Å². The molecule has 0 aromatic rings. The zero-order chi connectivity index (χ0) is 12.6. The second-order valence-electron chi connectivity index (χ2n) is 3.11. The van der Waals surface area contributed by atoms with E-state index in [1.54, 1.807) is 42.1 Å². The SMILES string of the molecule is COC(C)[O][Y]([O]C(C)OC)[O]C(C)OC. The fraction of sp³-hybridized carbons (Fsp3) is 1.00. The van der Waals surface area contributed by atoms with Crippen LogP contribution < -0.4 is 0 Å². The Labute approximate surface area is 110 Å². The van der Waals surface area contributed by atoms with Gasteiger partial charge in [-0.25, -0.2) is 0 Å². The summed E-state index contributed by atoms with van der Waals surface area (Å²) in [6.07, 6.45) is -1.06. The zero-order valence-electron chi connectivity index (χ0n) is 10.8. The summed E-state index contributed by atoms with van der Waals surface area (Å²) in [6.45, 7) is 5.35. The van der Waals surface area contributed by atoms with E-state index in [0.29, 0.717) is 0 Å². The van der Waals surface area contributed by atoms with Gasteiger partial charge in [0.15, 0.2) is 0 Å². The van der Waals surface area contributed by atoms with Crippen LogP contribution in [0.4, 0.5) is 0 Å². The molecule has 96 valence electrons. The molecule has 3 unspecified atom stereocenters. The molecule has 0 saturated heterocycles. The summed E-state index contributed by atoms with van der Waals surface area (Å²) in [5.41, 5.74) is 0. The predicted octanol–water partition coefficient (Wildman–Crippen LogP) is 1.38. The molecule has 0 aliphatic heterocycles. The summed E-state index contributed by atoms with van der Waals surface area (Å²) >= 11 is -3.07. The van der Waals surface area contributed by atoms with Crippen molar-refractivity contribution in [1.82, 2.24) is 0 Å². The van der Waals surface area contributed by atoms with Crippen molar-refractivity contribution in [2.75, 3.05) is 21.3 Å². The van der Waals surface area contributed by atoms with Crippen LogP contribution in [0.25, 0.3) is 0 Å². The number of hydrogen-bond donors (Lipinski definition) is 0. The van der Waals surface area contributed by atoms with Crippen molar-refractivity contribution in [3.05, 3.63) is 0 Å². The molecule has 0 aliphatic carbocycles. The van der Waals surface area contributed by atoms with Crippen LogP contribution in [0, 0.1) is 0 Å². The number of hydrogen-bond acceptors (Lipinski definition) is 6. The Morgan fingerprint density at radius 3 is 1.06 bits per heavy atom.